The molecule has 10 nitrogen and oxygen atoms in total. The van der Waals surface area contributed by atoms with E-state index < -0.39 is 23.9 Å². The summed E-state index contributed by atoms with van der Waals surface area (Å²) in [6, 6.07) is 9.21. The summed E-state index contributed by atoms with van der Waals surface area (Å²) in [6.07, 6.45) is -0.573. The molecule has 0 saturated carbocycles. The third kappa shape index (κ3) is 5.11. The third-order valence-corrected chi connectivity index (χ3v) is 6.07. The highest BCUT2D eigenvalue weighted by Gasteiger charge is 2.23. The molecule has 1 atom stereocenters. The first kappa shape index (κ1) is 22.9. The van der Waals surface area contributed by atoms with Gasteiger partial charge in [-0.15, -0.1) is 11.3 Å². The second-order valence-corrected chi connectivity index (χ2v) is 8.25. The van der Waals surface area contributed by atoms with Crippen molar-refractivity contribution in [1.82, 2.24) is 14.9 Å². The van der Waals surface area contributed by atoms with Gasteiger partial charge in [0, 0.05) is 13.5 Å². The number of nitrogens with zero attached hydrogens (tertiary/aromatic N) is 3. The summed E-state index contributed by atoms with van der Waals surface area (Å²) in [6.45, 7) is 2.12. The normalized spacial score (nSPS) is 11.8. The number of benzene rings is 1. The molecule has 0 radical (unpaired) electrons. The Labute approximate surface area is 186 Å². The van der Waals surface area contributed by atoms with Crippen LogP contribution in [-0.2, 0) is 16.3 Å². The summed E-state index contributed by atoms with van der Waals surface area (Å²) >= 11 is 1.17. The minimum absolute atomic E-state index is 0.208. The van der Waals surface area contributed by atoms with Gasteiger partial charge in [-0.2, -0.15) is 4.98 Å². The van der Waals surface area contributed by atoms with Crippen molar-refractivity contribution in [3.8, 4) is 0 Å². The lowest BCUT2D eigenvalue weighted by molar-refractivity contribution is -0.140. The van der Waals surface area contributed by atoms with Crippen LogP contribution in [0.25, 0.3) is 10.9 Å². The fourth-order valence-electron chi connectivity index (χ4n) is 3.20. The molecule has 0 bridgehead atoms. The quantitative estimate of drug-likeness (QED) is 0.441. The van der Waals surface area contributed by atoms with Crippen LogP contribution >= 0.6 is 11.3 Å². The maximum atomic E-state index is 12.5. The Bertz CT molecular complexity index is 1230. The third-order valence-electron chi connectivity index (χ3n) is 4.87. The molecule has 1 aromatic carbocycles. The molecule has 2 aromatic heterocycles. The average molecular weight is 458 g/mol. The number of rotatable bonds is 9. The first-order chi connectivity index (χ1) is 15.2. The number of hydrogen-bond donors (Lipinski definition) is 3. The Balaban J connectivity index is 1.76. The molecular weight excluding hydrogens is 436 g/mol. The molecule has 0 aliphatic carbocycles. The summed E-state index contributed by atoms with van der Waals surface area (Å²) in [5, 5.41) is 21.6. The standard InChI is InChI=1S/C21H22N4O6S/c1-12-22-19(28)13-5-3-4-6-15(13)25(12)11-24(2)17-9-8-16(32-17)20(29)23-14(21(30)31)7-10-18(26)27/h3-6,8-9,14H,7,10-11H2,1-2H3,(H,23,29)(H,26,27)(H,30,31)/t14-/m0/s1. The van der Waals surface area contributed by atoms with Crippen molar-refractivity contribution in [2.24, 2.45) is 0 Å². The highest BCUT2D eigenvalue weighted by Crippen LogP contribution is 2.26. The van der Waals surface area contributed by atoms with Gasteiger partial charge in [-0.3, -0.25) is 14.4 Å². The van der Waals surface area contributed by atoms with E-state index in [2.05, 4.69) is 10.3 Å². The molecule has 0 saturated heterocycles. The second kappa shape index (κ2) is 9.60. The van der Waals surface area contributed by atoms with Crippen LogP contribution in [0.2, 0.25) is 0 Å². The molecule has 32 heavy (non-hydrogen) atoms. The molecule has 0 fully saturated rings. The van der Waals surface area contributed by atoms with E-state index in [4.69, 9.17) is 5.11 Å². The zero-order chi connectivity index (χ0) is 23.4. The van der Waals surface area contributed by atoms with Gasteiger partial charge in [0.05, 0.1) is 27.4 Å². The second-order valence-electron chi connectivity index (χ2n) is 7.18. The topological polar surface area (TPSA) is 142 Å². The average Bonchev–Trinajstić information content (AvgIpc) is 3.24. The largest absolute Gasteiger partial charge is 0.481 e. The number of fused-ring (bicyclic) bond motifs is 1. The lowest BCUT2D eigenvalue weighted by Gasteiger charge is -2.22. The SMILES string of the molecule is Cc1nc(=O)c2ccccc2n1CN(C)c1ccc(C(=O)N[C@@H](CCC(=O)O)C(=O)O)s1. The molecule has 3 aromatic rings. The number of thiophene rings is 1. The number of amides is 1. The van der Waals surface area contributed by atoms with Crippen molar-refractivity contribution in [2.75, 3.05) is 11.9 Å². The maximum absolute atomic E-state index is 12.5. The van der Waals surface area contributed by atoms with Gasteiger partial charge in [-0.05, 0) is 37.6 Å². The maximum Gasteiger partial charge on any atom is 0.326 e. The number of aliphatic carboxylic acids is 2. The lowest BCUT2D eigenvalue weighted by atomic mass is 10.1. The van der Waals surface area contributed by atoms with Gasteiger partial charge in [0.2, 0.25) is 0 Å². The van der Waals surface area contributed by atoms with E-state index in [0.717, 1.165) is 10.5 Å². The summed E-state index contributed by atoms with van der Waals surface area (Å²) in [4.78, 5) is 52.9. The van der Waals surface area contributed by atoms with E-state index in [1.165, 1.54) is 11.3 Å². The molecule has 11 heteroatoms. The van der Waals surface area contributed by atoms with E-state index in [1.54, 1.807) is 31.2 Å². The predicted octanol–water partition coefficient (Wildman–Crippen LogP) is 1.91. The molecule has 3 rings (SSSR count). The number of carboxylic acid groups (broad SMARTS) is 2. The molecule has 2 heterocycles. The van der Waals surface area contributed by atoms with Crippen LogP contribution in [0, 0.1) is 6.92 Å². The zero-order valence-corrected chi connectivity index (χ0v) is 18.3. The molecule has 0 aliphatic heterocycles. The van der Waals surface area contributed by atoms with E-state index in [-0.39, 0.29) is 18.4 Å². The van der Waals surface area contributed by atoms with Gasteiger partial charge in [0.25, 0.3) is 11.5 Å². The van der Waals surface area contributed by atoms with Crippen LogP contribution in [0.15, 0.2) is 41.2 Å². The van der Waals surface area contributed by atoms with Crippen LogP contribution < -0.4 is 15.8 Å². The minimum Gasteiger partial charge on any atom is -0.481 e. The number of carbonyl (C=O) groups excluding carboxylic acids is 1. The molecule has 0 unspecified atom stereocenters. The number of carbonyl (C=O) groups is 3. The number of aromatic nitrogens is 2. The van der Waals surface area contributed by atoms with Crippen LogP contribution in [0.1, 0.15) is 28.3 Å². The van der Waals surface area contributed by atoms with Crippen LogP contribution in [0.4, 0.5) is 5.00 Å². The zero-order valence-electron chi connectivity index (χ0n) is 17.4. The van der Waals surface area contributed by atoms with Crippen molar-refractivity contribution < 1.29 is 24.6 Å². The fraction of sp³-hybridized carbons (Fsp3) is 0.286. The number of nitrogens with one attached hydrogen (secondary N) is 1. The summed E-state index contributed by atoms with van der Waals surface area (Å²) in [5.41, 5.74) is 0.456. The Morgan fingerprint density at radius 1 is 1.19 bits per heavy atom. The number of carboxylic acids is 2. The number of aryl methyl sites for hydroxylation is 1. The van der Waals surface area contributed by atoms with Gasteiger partial charge in [-0.1, -0.05) is 12.1 Å². The Kier molecular flexibility index (Phi) is 6.89. The number of anilines is 1. The van der Waals surface area contributed by atoms with Crippen molar-refractivity contribution in [1.29, 1.82) is 0 Å². The van der Waals surface area contributed by atoms with Crippen molar-refractivity contribution in [3.63, 3.8) is 0 Å². The Morgan fingerprint density at radius 3 is 2.59 bits per heavy atom. The lowest BCUT2D eigenvalue weighted by Crippen LogP contribution is -2.40. The van der Waals surface area contributed by atoms with Crippen molar-refractivity contribution in [2.45, 2.75) is 32.5 Å². The van der Waals surface area contributed by atoms with Gasteiger partial charge < -0.3 is 25.0 Å². The highest BCUT2D eigenvalue weighted by atomic mass is 32.1. The molecular formula is C21H22N4O6S. The molecule has 3 N–H and O–H groups in total. The van der Waals surface area contributed by atoms with Crippen LogP contribution in [0.5, 0.6) is 0 Å². The number of hydrogen-bond acceptors (Lipinski definition) is 7. The van der Waals surface area contributed by atoms with Gasteiger partial charge in [-0.25, -0.2) is 4.79 Å². The van der Waals surface area contributed by atoms with Crippen LogP contribution in [-0.4, -0.2) is 50.7 Å². The smallest absolute Gasteiger partial charge is 0.326 e. The predicted molar refractivity (Wildman–Crippen MR) is 119 cm³/mol. The first-order valence-electron chi connectivity index (χ1n) is 9.70. The number of para-hydroxylation sites is 1. The minimum atomic E-state index is -1.29. The first-order valence-corrected chi connectivity index (χ1v) is 10.5. The van der Waals surface area contributed by atoms with E-state index in [0.29, 0.717) is 22.8 Å². The van der Waals surface area contributed by atoms with Gasteiger partial charge in [0.1, 0.15) is 11.9 Å². The van der Waals surface area contributed by atoms with Crippen molar-refractivity contribution in [3.05, 3.63) is 57.5 Å². The summed E-state index contributed by atoms with van der Waals surface area (Å²) < 4.78 is 1.89. The highest BCUT2D eigenvalue weighted by molar-refractivity contribution is 7.17. The monoisotopic (exact) mass is 458 g/mol. The molecule has 0 spiro atoms. The van der Waals surface area contributed by atoms with E-state index in [1.807, 2.05) is 28.6 Å². The molecule has 168 valence electrons. The summed E-state index contributed by atoms with van der Waals surface area (Å²) in [5.74, 6) is -2.45. The fourth-order valence-corrected chi connectivity index (χ4v) is 4.06. The van der Waals surface area contributed by atoms with Gasteiger partial charge in [0.15, 0.2) is 0 Å². The van der Waals surface area contributed by atoms with Crippen molar-refractivity contribution >= 4 is 45.1 Å². The van der Waals surface area contributed by atoms with Gasteiger partial charge >= 0.3 is 11.9 Å². The summed E-state index contributed by atoms with van der Waals surface area (Å²) in [7, 11) is 1.83. The Morgan fingerprint density at radius 2 is 1.91 bits per heavy atom. The Hall–Kier alpha value is -3.73. The van der Waals surface area contributed by atoms with E-state index >= 15 is 0 Å². The molecule has 0 aliphatic rings. The van der Waals surface area contributed by atoms with Crippen LogP contribution in [0.3, 0.4) is 0 Å². The molecule has 1 amide bonds. The van der Waals surface area contributed by atoms with E-state index in [9.17, 15) is 24.3 Å².